The predicted octanol–water partition coefficient (Wildman–Crippen LogP) is 5.10. The van der Waals surface area contributed by atoms with Gasteiger partial charge < -0.3 is 0 Å². The molecule has 0 saturated carbocycles. The average Bonchev–Trinajstić information content (AvgIpc) is 2.71. The van der Waals surface area contributed by atoms with Crippen LogP contribution in [0.3, 0.4) is 0 Å². The van der Waals surface area contributed by atoms with E-state index < -0.39 is 0 Å². The Morgan fingerprint density at radius 3 is 2.67 bits per heavy atom. The van der Waals surface area contributed by atoms with Gasteiger partial charge in [-0.15, -0.1) is 0 Å². The Labute approximate surface area is 166 Å². The number of likely N-dealkylation sites (tertiary alicyclic amines) is 1. The van der Waals surface area contributed by atoms with Gasteiger partial charge in [0.1, 0.15) is 0 Å². The summed E-state index contributed by atoms with van der Waals surface area (Å²) >= 11 is 6.32. The summed E-state index contributed by atoms with van der Waals surface area (Å²) in [6.45, 7) is 3.09. The van der Waals surface area contributed by atoms with E-state index in [0.29, 0.717) is 5.92 Å². The summed E-state index contributed by atoms with van der Waals surface area (Å²) in [5.41, 5.74) is 4.55. The topological polar surface area (TPSA) is 29.0 Å². The fraction of sp³-hybridized carbons (Fsp3) is 0.304. The maximum absolute atomic E-state index is 6.32. The van der Waals surface area contributed by atoms with Crippen LogP contribution < -0.4 is 0 Å². The Hall–Kier alpha value is -2.23. The lowest BCUT2D eigenvalue weighted by Crippen LogP contribution is -2.34. The van der Waals surface area contributed by atoms with Crippen LogP contribution in [-0.2, 0) is 13.0 Å². The van der Waals surface area contributed by atoms with Gasteiger partial charge in [-0.2, -0.15) is 0 Å². The van der Waals surface area contributed by atoms with E-state index in [-0.39, 0.29) is 0 Å². The minimum atomic E-state index is 0.480. The van der Waals surface area contributed by atoms with Crippen LogP contribution in [0.2, 0.25) is 5.02 Å². The number of halogens is 1. The van der Waals surface area contributed by atoms with Gasteiger partial charge in [-0.25, -0.2) is 0 Å². The van der Waals surface area contributed by atoms with E-state index in [9.17, 15) is 0 Å². The lowest BCUT2D eigenvalue weighted by Gasteiger charge is -2.32. The fourth-order valence-electron chi connectivity index (χ4n) is 3.82. The minimum absolute atomic E-state index is 0.480. The first-order valence-corrected chi connectivity index (χ1v) is 9.97. The van der Waals surface area contributed by atoms with Crippen molar-refractivity contribution >= 4 is 11.6 Å². The van der Waals surface area contributed by atoms with E-state index in [1.165, 1.54) is 18.5 Å². The molecule has 0 amide bonds. The van der Waals surface area contributed by atoms with Crippen molar-refractivity contribution in [2.45, 2.75) is 31.7 Å². The molecule has 3 aromatic rings. The number of hydrogen-bond donors (Lipinski definition) is 0. The van der Waals surface area contributed by atoms with Crippen LogP contribution in [0.4, 0.5) is 0 Å². The highest BCUT2D eigenvalue weighted by molar-refractivity contribution is 6.31. The van der Waals surface area contributed by atoms with Crippen molar-refractivity contribution in [1.82, 2.24) is 14.9 Å². The van der Waals surface area contributed by atoms with Crippen molar-refractivity contribution in [3.63, 3.8) is 0 Å². The van der Waals surface area contributed by atoms with Crippen molar-refractivity contribution in [3.8, 4) is 0 Å². The third-order valence-electron chi connectivity index (χ3n) is 5.19. The second-order valence-electron chi connectivity index (χ2n) is 7.22. The smallest absolute Gasteiger partial charge is 0.0543 e. The molecule has 2 aromatic heterocycles. The van der Waals surface area contributed by atoms with Crippen LogP contribution in [0.1, 0.15) is 41.4 Å². The van der Waals surface area contributed by atoms with Crippen LogP contribution in [0.15, 0.2) is 66.9 Å². The van der Waals surface area contributed by atoms with Gasteiger partial charge in [-0.05, 0) is 55.3 Å². The molecule has 1 saturated heterocycles. The summed E-state index contributed by atoms with van der Waals surface area (Å²) in [5.74, 6) is 0.480. The van der Waals surface area contributed by atoms with Crippen LogP contribution in [0, 0.1) is 0 Å². The van der Waals surface area contributed by atoms with Crippen LogP contribution in [-0.4, -0.2) is 28.0 Å². The summed E-state index contributed by atoms with van der Waals surface area (Å²) in [7, 11) is 0. The molecule has 0 bridgehead atoms. The molecular weight excluding hydrogens is 354 g/mol. The number of pyridine rings is 2. The van der Waals surface area contributed by atoms with Crippen molar-refractivity contribution in [2.24, 2.45) is 0 Å². The van der Waals surface area contributed by atoms with Gasteiger partial charge in [-0.1, -0.05) is 41.9 Å². The molecule has 3 nitrogen and oxygen atoms in total. The second kappa shape index (κ2) is 8.64. The molecule has 1 aromatic carbocycles. The molecule has 27 heavy (non-hydrogen) atoms. The number of piperidine rings is 1. The number of hydrogen-bond acceptors (Lipinski definition) is 3. The normalized spacial score (nSPS) is 17.7. The van der Waals surface area contributed by atoms with Gasteiger partial charge in [0, 0.05) is 48.0 Å². The Bertz CT molecular complexity index is 882. The average molecular weight is 378 g/mol. The Morgan fingerprint density at radius 2 is 1.81 bits per heavy atom. The molecule has 0 radical (unpaired) electrons. The predicted molar refractivity (Wildman–Crippen MR) is 110 cm³/mol. The Balaban J connectivity index is 1.45. The standard InChI is InChI=1S/C23H24ClN3/c24-22-11-2-1-7-18(22)15-20-10-5-12-23(26-20)19-8-6-14-27(16-19)17-21-9-3-4-13-25-21/h1-5,7,9-13,19H,6,8,14-17H2/t19-/m0/s1. The summed E-state index contributed by atoms with van der Waals surface area (Å²) in [6, 6.07) is 20.5. The lowest BCUT2D eigenvalue weighted by molar-refractivity contribution is 0.196. The van der Waals surface area contributed by atoms with E-state index in [2.05, 4.69) is 46.3 Å². The largest absolute Gasteiger partial charge is 0.297 e. The van der Waals surface area contributed by atoms with Crippen molar-refractivity contribution in [3.05, 3.63) is 94.5 Å². The zero-order chi connectivity index (χ0) is 18.5. The van der Waals surface area contributed by atoms with Gasteiger partial charge in [0.15, 0.2) is 0 Å². The molecule has 1 fully saturated rings. The highest BCUT2D eigenvalue weighted by Gasteiger charge is 2.22. The van der Waals surface area contributed by atoms with E-state index >= 15 is 0 Å². The molecule has 4 heteroatoms. The number of aromatic nitrogens is 2. The van der Waals surface area contributed by atoms with E-state index in [1.807, 2.05) is 30.5 Å². The molecule has 1 aliphatic rings. The summed E-state index contributed by atoms with van der Waals surface area (Å²) in [4.78, 5) is 11.9. The van der Waals surface area contributed by atoms with E-state index in [1.54, 1.807) is 0 Å². The maximum Gasteiger partial charge on any atom is 0.0543 e. The van der Waals surface area contributed by atoms with E-state index in [0.717, 1.165) is 48.0 Å². The molecule has 1 aliphatic heterocycles. The second-order valence-corrected chi connectivity index (χ2v) is 7.62. The summed E-state index contributed by atoms with van der Waals surface area (Å²) < 4.78 is 0. The van der Waals surface area contributed by atoms with Gasteiger partial charge in [0.05, 0.1) is 5.69 Å². The molecule has 3 heterocycles. The Morgan fingerprint density at radius 1 is 0.963 bits per heavy atom. The molecular formula is C23H24ClN3. The third kappa shape index (κ3) is 4.74. The number of rotatable bonds is 5. The summed E-state index contributed by atoms with van der Waals surface area (Å²) in [5, 5.41) is 0.809. The monoisotopic (exact) mass is 377 g/mol. The van der Waals surface area contributed by atoms with E-state index in [4.69, 9.17) is 16.6 Å². The molecule has 4 rings (SSSR count). The zero-order valence-electron chi connectivity index (χ0n) is 15.4. The maximum atomic E-state index is 6.32. The molecule has 1 atom stereocenters. The molecule has 0 aliphatic carbocycles. The summed E-state index contributed by atoms with van der Waals surface area (Å²) in [6.07, 6.45) is 5.05. The number of benzene rings is 1. The SMILES string of the molecule is Clc1ccccc1Cc1cccc([C@H]2CCCN(Cc3ccccn3)C2)n1. The first-order valence-electron chi connectivity index (χ1n) is 9.59. The number of nitrogens with zero attached hydrogens (tertiary/aromatic N) is 3. The van der Waals surface area contributed by atoms with Gasteiger partial charge in [0.2, 0.25) is 0 Å². The van der Waals surface area contributed by atoms with Gasteiger partial charge in [-0.3, -0.25) is 14.9 Å². The minimum Gasteiger partial charge on any atom is -0.297 e. The Kier molecular flexibility index (Phi) is 5.81. The van der Waals surface area contributed by atoms with Crippen LogP contribution in [0.25, 0.3) is 0 Å². The molecule has 138 valence electrons. The van der Waals surface area contributed by atoms with Crippen molar-refractivity contribution < 1.29 is 0 Å². The molecule has 0 spiro atoms. The molecule has 0 unspecified atom stereocenters. The van der Waals surface area contributed by atoms with Crippen LogP contribution >= 0.6 is 11.6 Å². The van der Waals surface area contributed by atoms with Gasteiger partial charge >= 0.3 is 0 Å². The quantitative estimate of drug-likeness (QED) is 0.619. The highest BCUT2D eigenvalue weighted by atomic mass is 35.5. The van der Waals surface area contributed by atoms with Crippen molar-refractivity contribution in [1.29, 1.82) is 0 Å². The molecule has 0 N–H and O–H groups in total. The first-order chi connectivity index (χ1) is 13.3. The third-order valence-corrected chi connectivity index (χ3v) is 5.56. The lowest BCUT2D eigenvalue weighted by atomic mass is 9.93. The van der Waals surface area contributed by atoms with Crippen molar-refractivity contribution in [2.75, 3.05) is 13.1 Å². The first kappa shape index (κ1) is 18.1. The zero-order valence-corrected chi connectivity index (χ0v) is 16.1. The fourth-order valence-corrected chi connectivity index (χ4v) is 4.02. The highest BCUT2D eigenvalue weighted by Crippen LogP contribution is 2.27. The van der Waals surface area contributed by atoms with Crippen LogP contribution in [0.5, 0.6) is 0 Å². The van der Waals surface area contributed by atoms with Gasteiger partial charge in [0.25, 0.3) is 0 Å².